The topological polar surface area (TPSA) is 98.1 Å². The SMILES string of the molecule is COc1cc(/C=C(/C#N)C(=O)NCCc2c[nH]c3ccccc23)cc(Br)c1O. The van der Waals surface area contributed by atoms with Gasteiger partial charge in [0.25, 0.3) is 5.91 Å². The summed E-state index contributed by atoms with van der Waals surface area (Å²) in [6.45, 7) is 0.405. The summed E-state index contributed by atoms with van der Waals surface area (Å²) in [5.41, 5.74) is 2.68. The van der Waals surface area contributed by atoms with E-state index in [1.165, 1.54) is 13.2 Å². The van der Waals surface area contributed by atoms with E-state index in [9.17, 15) is 15.2 Å². The Labute approximate surface area is 170 Å². The number of para-hydroxylation sites is 1. The van der Waals surface area contributed by atoms with Gasteiger partial charge >= 0.3 is 0 Å². The molecule has 0 aliphatic heterocycles. The first-order chi connectivity index (χ1) is 13.5. The predicted molar refractivity (Wildman–Crippen MR) is 111 cm³/mol. The van der Waals surface area contributed by atoms with Crippen LogP contribution >= 0.6 is 15.9 Å². The van der Waals surface area contributed by atoms with E-state index < -0.39 is 5.91 Å². The second kappa shape index (κ2) is 8.63. The van der Waals surface area contributed by atoms with Gasteiger partial charge in [0, 0.05) is 23.6 Å². The number of ether oxygens (including phenoxy) is 1. The number of rotatable bonds is 6. The normalized spacial score (nSPS) is 11.2. The predicted octanol–water partition coefficient (Wildman–Crippen LogP) is 3.91. The van der Waals surface area contributed by atoms with E-state index in [0.29, 0.717) is 23.0 Å². The standard InChI is InChI=1S/C21H18BrN3O3/c1-28-19-10-13(9-17(22)20(19)26)8-15(11-23)21(27)24-7-6-14-12-25-18-5-3-2-4-16(14)18/h2-5,8-10,12,25-26H,6-7H2,1H3,(H,24,27)/b15-8-. The van der Waals surface area contributed by atoms with Crippen molar-refractivity contribution < 1.29 is 14.6 Å². The molecular formula is C21H18BrN3O3. The number of methoxy groups -OCH3 is 1. The number of carbonyl (C=O) groups excluding carboxylic acids is 1. The van der Waals surface area contributed by atoms with Crippen LogP contribution in [0, 0.1) is 11.3 Å². The number of nitrogens with one attached hydrogen (secondary N) is 2. The number of nitrogens with zero attached hydrogens (tertiary/aromatic N) is 1. The van der Waals surface area contributed by atoms with E-state index in [4.69, 9.17) is 4.74 Å². The molecule has 1 amide bonds. The molecule has 6 nitrogen and oxygen atoms in total. The summed E-state index contributed by atoms with van der Waals surface area (Å²) in [6, 6.07) is 13.0. The summed E-state index contributed by atoms with van der Waals surface area (Å²) in [6.07, 6.45) is 4.03. The molecule has 1 heterocycles. The van der Waals surface area contributed by atoms with Gasteiger partial charge in [-0.05, 0) is 57.8 Å². The van der Waals surface area contributed by atoms with Gasteiger partial charge in [0.05, 0.1) is 11.6 Å². The fourth-order valence-corrected chi connectivity index (χ4v) is 3.35. The summed E-state index contributed by atoms with van der Waals surface area (Å²) in [5.74, 6) is -0.246. The number of benzene rings is 2. The van der Waals surface area contributed by atoms with Crippen LogP contribution in [0.1, 0.15) is 11.1 Å². The van der Waals surface area contributed by atoms with E-state index in [1.807, 2.05) is 36.5 Å². The number of fused-ring (bicyclic) bond motifs is 1. The maximum absolute atomic E-state index is 12.4. The third-order valence-corrected chi connectivity index (χ3v) is 4.91. The van der Waals surface area contributed by atoms with Gasteiger partial charge in [-0.2, -0.15) is 5.26 Å². The average Bonchev–Trinajstić information content (AvgIpc) is 3.11. The van der Waals surface area contributed by atoms with Crippen LogP contribution in [-0.2, 0) is 11.2 Å². The van der Waals surface area contributed by atoms with Gasteiger partial charge in [0.15, 0.2) is 11.5 Å². The third-order valence-electron chi connectivity index (χ3n) is 4.30. The monoisotopic (exact) mass is 439 g/mol. The number of phenols is 1. The van der Waals surface area contributed by atoms with Gasteiger partial charge in [0.2, 0.25) is 0 Å². The van der Waals surface area contributed by atoms with E-state index in [1.54, 1.807) is 12.1 Å². The average molecular weight is 440 g/mol. The van der Waals surface area contributed by atoms with Gasteiger partial charge in [-0.3, -0.25) is 4.79 Å². The lowest BCUT2D eigenvalue weighted by Gasteiger charge is -2.07. The minimum Gasteiger partial charge on any atom is -0.503 e. The number of aromatic nitrogens is 1. The smallest absolute Gasteiger partial charge is 0.261 e. The fourth-order valence-electron chi connectivity index (χ4n) is 2.89. The Kier molecular flexibility index (Phi) is 6.02. The lowest BCUT2D eigenvalue weighted by atomic mass is 10.1. The van der Waals surface area contributed by atoms with E-state index in [2.05, 4.69) is 26.2 Å². The van der Waals surface area contributed by atoms with Crippen LogP contribution in [0.25, 0.3) is 17.0 Å². The van der Waals surface area contributed by atoms with E-state index >= 15 is 0 Å². The zero-order valence-corrected chi connectivity index (χ0v) is 16.7. The van der Waals surface area contributed by atoms with Crippen molar-refractivity contribution in [1.29, 1.82) is 5.26 Å². The van der Waals surface area contributed by atoms with Crippen LogP contribution in [-0.4, -0.2) is 29.7 Å². The Morgan fingerprint density at radius 2 is 2.18 bits per heavy atom. The maximum Gasteiger partial charge on any atom is 0.261 e. The highest BCUT2D eigenvalue weighted by atomic mass is 79.9. The van der Waals surface area contributed by atoms with Crippen LogP contribution in [0.5, 0.6) is 11.5 Å². The van der Waals surface area contributed by atoms with Gasteiger partial charge in [-0.25, -0.2) is 0 Å². The molecule has 0 aliphatic rings. The molecule has 7 heteroatoms. The molecule has 0 saturated heterocycles. The summed E-state index contributed by atoms with van der Waals surface area (Å²) in [4.78, 5) is 15.6. The number of hydrogen-bond donors (Lipinski definition) is 3. The van der Waals surface area contributed by atoms with Crippen molar-refractivity contribution in [3.63, 3.8) is 0 Å². The van der Waals surface area contributed by atoms with Gasteiger partial charge in [-0.15, -0.1) is 0 Å². The number of amides is 1. The third kappa shape index (κ3) is 4.18. The summed E-state index contributed by atoms with van der Waals surface area (Å²) in [7, 11) is 1.43. The largest absolute Gasteiger partial charge is 0.503 e. The first-order valence-electron chi connectivity index (χ1n) is 8.55. The molecule has 0 saturated carbocycles. The zero-order chi connectivity index (χ0) is 20.1. The highest BCUT2D eigenvalue weighted by Crippen LogP contribution is 2.35. The van der Waals surface area contributed by atoms with Crippen LogP contribution in [0.3, 0.4) is 0 Å². The molecule has 0 radical (unpaired) electrons. The number of halogens is 1. The van der Waals surface area contributed by atoms with Crippen molar-refractivity contribution >= 4 is 38.8 Å². The van der Waals surface area contributed by atoms with Crippen LogP contribution < -0.4 is 10.1 Å². The molecule has 1 aromatic heterocycles. The zero-order valence-electron chi connectivity index (χ0n) is 15.1. The van der Waals surface area contributed by atoms with Crippen LogP contribution in [0.4, 0.5) is 0 Å². The molecule has 0 atom stereocenters. The highest BCUT2D eigenvalue weighted by molar-refractivity contribution is 9.10. The molecule has 0 bridgehead atoms. The lowest BCUT2D eigenvalue weighted by Crippen LogP contribution is -2.26. The first-order valence-corrected chi connectivity index (χ1v) is 9.34. The van der Waals surface area contributed by atoms with Crippen molar-refractivity contribution in [2.45, 2.75) is 6.42 Å². The minimum atomic E-state index is -0.453. The van der Waals surface area contributed by atoms with E-state index in [-0.39, 0.29) is 17.1 Å². The van der Waals surface area contributed by atoms with Crippen molar-refractivity contribution in [2.75, 3.05) is 13.7 Å². The highest BCUT2D eigenvalue weighted by Gasteiger charge is 2.12. The Morgan fingerprint density at radius 1 is 1.39 bits per heavy atom. The Balaban J connectivity index is 1.69. The summed E-state index contributed by atoms with van der Waals surface area (Å²) < 4.78 is 5.50. The number of phenolic OH excluding ortho intramolecular Hbond substituents is 1. The molecule has 142 valence electrons. The van der Waals surface area contributed by atoms with Crippen molar-refractivity contribution in [3.05, 3.63) is 63.8 Å². The number of nitriles is 1. The Hall–Kier alpha value is -3.24. The van der Waals surface area contributed by atoms with Crippen molar-refractivity contribution in [3.8, 4) is 17.6 Å². The Morgan fingerprint density at radius 3 is 2.93 bits per heavy atom. The van der Waals surface area contributed by atoms with Gasteiger partial charge in [0.1, 0.15) is 11.6 Å². The molecule has 3 rings (SSSR count). The molecule has 3 aromatic rings. The molecular weight excluding hydrogens is 422 g/mol. The van der Waals surface area contributed by atoms with Gasteiger partial charge < -0.3 is 20.1 Å². The number of carbonyl (C=O) groups is 1. The number of hydrogen-bond acceptors (Lipinski definition) is 4. The molecule has 3 N–H and O–H groups in total. The summed E-state index contributed by atoms with van der Waals surface area (Å²) in [5, 5.41) is 23.1. The van der Waals surface area contributed by atoms with Crippen LogP contribution in [0.2, 0.25) is 0 Å². The quantitative estimate of drug-likeness (QED) is 0.400. The number of aromatic hydroxyl groups is 1. The molecule has 0 aliphatic carbocycles. The fraction of sp³-hybridized carbons (Fsp3) is 0.143. The lowest BCUT2D eigenvalue weighted by molar-refractivity contribution is -0.117. The van der Waals surface area contributed by atoms with E-state index in [0.717, 1.165) is 16.5 Å². The molecule has 0 spiro atoms. The molecule has 0 unspecified atom stereocenters. The van der Waals surface area contributed by atoms with Gasteiger partial charge in [-0.1, -0.05) is 18.2 Å². The molecule has 2 aromatic carbocycles. The van der Waals surface area contributed by atoms with Crippen molar-refractivity contribution in [2.24, 2.45) is 0 Å². The van der Waals surface area contributed by atoms with Crippen molar-refractivity contribution in [1.82, 2.24) is 10.3 Å². The molecule has 28 heavy (non-hydrogen) atoms. The van der Waals surface area contributed by atoms with Crippen LogP contribution in [0.15, 0.2) is 52.6 Å². The molecule has 0 fully saturated rings. The maximum atomic E-state index is 12.4. The summed E-state index contributed by atoms with van der Waals surface area (Å²) >= 11 is 3.22. The number of H-pyrrole nitrogens is 1. The number of aromatic amines is 1. The first kappa shape index (κ1) is 19.5. The minimum absolute atomic E-state index is 0.0291. The Bertz CT molecular complexity index is 1100. The second-order valence-corrected chi connectivity index (χ2v) is 6.94. The second-order valence-electron chi connectivity index (χ2n) is 6.09.